The molecule has 0 heterocycles. The van der Waals surface area contributed by atoms with Crippen molar-refractivity contribution in [3.63, 3.8) is 0 Å². The Balaban J connectivity index is 1.86. The summed E-state index contributed by atoms with van der Waals surface area (Å²) < 4.78 is 16.2. The molecular weight excluding hydrogens is 572 g/mol. The maximum atomic E-state index is 13.0. The molecule has 3 rings (SSSR count). The normalized spacial score (nSPS) is 12.9. The summed E-state index contributed by atoms with van der Waals surface area (Å²) in [6.45, 7) is 1.18. The molecule has 0 spiro atoms. The van der Waals surface area contributed by atoms with Gasteiger partial charge in [0.05, 0.1) is 20.3 Å². The third-order valence-corrected chi connectivity index (χ3v) is 7.64. The first kappa shape index (κ1) is 35.2. The van der Waals surface area contributed by atoms with Crippen molar-refractivity contribution in [3.05, 3.63) is 89.5 Å². The fraction of sp³-hybridized carbons (Fsp3) is 0.400. The number of esters is 2. The van der Waals surface area contributed by atoms with Gasteiger partial charge in [-0.05, 0) is 80.5 Å². The van der Waals surface area contributed by atoms with E-state index in [0.29, 0.717) is 25.2 Å². The van der Waals surface area contributed by atoms with E-state index in [1.807, 2.05) is 79.8 Å². The van der Waals surface area contributed by atoms with Crippen molar-refractivity contribution >= 4 is 17.8 Å². The van der Waals surface area contributed by atoms with Gasteiger partial charge in [-0.15, -0.1) is 0 Å². The van der Waals surface area contributed by atoms with Crippen LogP contribution < -0.4 is 26.0 Å². The van der Waals surface area contributed by atoms with Crippen LogP contribution in [0.25, 0.3) is 11.1 Å². The Bertz CT molecular complexity index is 1380. The summed E-state index contributed by atoms with van der Waals surface area (Å²) in [5.41, 5.74) is 4.56. The summed E-state index contributed by atoms with van der Waals surface area (Å²) in [6.07, 6.45) is 2.06. The van der Waals surface area contributed by atoms with Crippen molar-refractivity contribution in [2.24, 2.45) is 0 Å². The number of hydrogen-bond acceptors (Lipinski definition) is 9. The second-order valence-electron chi connectivity index (χ2n) is 10.7. The molecule has 0 fully saturated rings. The molecule has 0 aliphatic heterocycles. The minimum atomic E-state index is -0.848. The largest absolute Gasteiger partial charge is 0.489 e. The van der Waals surface area contributed by atoms with Gasteiger partial charge in [-0.25, -0.2) is 4.79 Å². The molecule has 0 bridgehead atoms. The lowest BCUT2D eigenvalue weighted by atomic mass is 9.96. The average Bonchev–Trinajstić information content (AvgIpc) is 3.07. The number of methoxy groups -OCH3 is 2. The monoisotopic (exact) mass is 618 g/mol. The highest BCUT2D eigenvalue weighted by Gasteiger charge is 2.26. The van der Waals surface area contributed by atoms with Gasteiger partial charge in [-0.1, -0.05) is 60.7 Å². The average molecular weight is 619 g/mol. The molecule has 0 saturated heterocycles. The molecule has 0 aromatic heterocycles. The Kier molecular flexibility index (Phi) is 14.5. The lowest BCUT2D eigenvalue weighted by Crippen LogP contribution is -2.50. The molecule has 242 valence electrons. The van der Waals surface area contributed by atoms with Crippen LogP contribution in [0, 0.1) is 0 Å². The van der Waals surface area contributed by atoms with Gasteiger partial charge in [0, 0.05) is 12.8 Å². The van der Waals surface area contributed by atoms with Gasteiger partial charge in [0.25, 0.3) is 0 Å². The molecule has 3 aromatic carbocycles. The molecule has 10 nitrogen and oxygen atoms in total. The minimum absolute atomic E-state index is 0.249. The number of likely N-dealkylation sites (N-methyl/N-ethyl adjacent to an activating group) is 2. The minimum Gasteiger partial charge on any atom is -0.489 e. The second-order valence-corrected chi connectivity index (χ2v) is 10.7. The maximum absolute atomic E-state index is 13.0. The molecule has 0 aliphatic rings. The Hall–Kier alpha value is -4.25. The Morgan fingerprint density at radius 3 is 2.04 bits per heavy atom. The fourth-order valence-corrected chi connectivity index (χ4v) is 5.07. The van der Waals surface area contributed by atoms with Crippen molar-refractivity contribution in [1.82, 2.24) is 21.3 Å². The zero-order chi connectivity index (χ0) is 32.6. The number of ether oxygens (including phenoxy) is 3. The van der Waals surface area contributed by atoms with Crippen molar-refractivity contribution < 1.29 is 28.6 Å². The fourth-order valence-electron chi connectivity index (χ4n) is 5.07. The van der Waals surface area contributed by atoms with Crippen molar-refractivity contribution in [1.29, 1.82) is 0 Å². The Morgan fingerprint density at radius 1 is 0.711 bits per heavy atom. The van der Waals surface area contributed by atoms with Crippen LogP contribution in [0.4, 0.5) is 0 Å². The van der Waals surface area contributed by atoms with Crippen LogP contribution >= 0.6 is 0 Å². The number of amides is 1. The summed E-state index contributed by atoms with van der Waals surface area (Å²) in [4.78, 5) is 38.2. The molecule has 0 saturated carbocycles. The molecule has 4 N–H and O–H groups in total. The SMILES string of the molecule is CNCCC[C@H](NC)C(=O)N[C@@H](Cc1cccc(-c2ccc(OCc3ccccc3)c(C[C@H](NC)C(=O)OC)c2)c1)C(=O)OC. The number of nitrogens with one attached hydrogen (secondary N) is 4. The van der Waals surface area contributed by atoms with Crippen LogP contribution in [-0.2, 0) is 43.3 Å². The highest BCUT2D eigenvalue weighted by Crippen LogP contribution is 2.29. The van der Waals surface area contributed by atoms with Gasteiger partial charge < -0.3 is 35.5 Å². The number of carbonyl (C=O) groups excluding carboxylic acids is 3. The predicted molar refractivity (Wildman–Crippen MR) is 175 cm³/mol. The van der Waals surface area contributed by atoms with Gasteiger partial charge in [0.1, 0.15) is 24.4 Å². The topological polar surface area (TPSA) is 127 Å². The van der Waals surface area contributed by atoms with E-state index in [1.165, 1.54) is 14.2 Å². The van der Waals surface area contributed by atoms with Crippen LogP contribution in [0.5, 0.6) is 5.75 Å². The van der Waals surface area contributed by atoms with Gasteiger partial charge in [-0.3, -0.25) is 9.59 Å². The molecule has 3 atom stereocenters. The lowest BCUT2D eigenvalue weighted by Gasteiger charge is -2.21. The summed E-state index contributed by atoms with van der Waals surface area (Å²) >= 11 is 0. The third kappa shape index (κ3) is 10.7. The van der Waals surface area contributed by atoms with Gasteiger partial charge >= 0.3 is 11.9 Å². The van der Waals surface area contributed by atoms with E-state index in [2.05, 4.69) is 21.3 Å². The Labute approximate surface area is 266 Å². The Morgan fingerprint density at radius 2 is 1.38 bits per heavy atom. The summed E-state index contributed by atoms with van der Waals surface area (Å²) in [6, 6.07) is 21.7. The standard InChI is InChI=1S/C35H46N4O6/c1-36-18-10-15-29(37-2)33(40)39-31(35(42)44-5)20-25-13-9-14-26(19-25)27-16-17-32(45-23-24-11-7-6-8-12-24)28(21-27)22-30(38-3)34(41)43-4/h6-9,11-14,16-17,19,21,29-31,36-38H,10,15,18,20,22-23H2,1-5H3,(H,39,40)/t29-,30-,31-/m0/s1. The zero-order valence-electron chi connectivity index (χ0n) is 26.9. The van der Waals surface area contributed by atoms with E-state index < -0.39 is 24.1 Å². The molecule has 3 aromatic rings. The number of carbonyl (C=O) groups is 3. The van der Waals surface area contributed by atoms with Crippen LogP contribution in [0.3, 0.4) is 0 Å². The van der Waals surface area contributed by atoms with Crippen LogP contribution in [-0.4, -0.2) is 77.9 Å². The van der Waals surface area contributed by atoms with E-state index in [0.717, 1.165) is 40.8 Å². The van der Waals surface area contributed by atoms with Crippen LogP contribution in [0.2, 0.25) is 0 Å². The quantitative estimate of drug-likeness (QED) is 0.126. The van der Waals surface area contributed by atoms with Crippen molar-refractivity contribution in [3.8, 4) is 16.9 Å². The van der Waals surface area contributed by atoms with E-state index in [1.54, 1.807) is 14.1 Å². The van der Waals surface area contributed by atoms with Crippen LogP contribution in [0.1, 0.15) is 29.5 Å². The van der Waals surface area contributed by atoms with Crippen molar-refractivity contribution in [2.75, 3.05) is 41.9 Å². The van der Waals surface area contributed by atoms with Crippen LogP contribution in [0.15, 0.2) is 72.8 Å². The first-order chi connectivity index (χ1) is 21.8. The van der Waals surface area contributed by atoms with Gasteiger partial charge in [-0.2, -0.15) is 0 Å². The van der Waals surface area contributed by atoms with Gasteiger partial charge in [0.15, 0.2) is 0 Å². The first-order valence-corrected chi connectivity index (χ1v) is 15.2. The van der Waals surface area contributed by atoms with E-state index >= 15 is 0 Å². The maximum Gasteiger partial charge on any atom is 0.328 e. The number of rotatable bonds is 18. The molecule has 0 aliphatic carbocycles. The smallest absolute Gasteiger partial charge is 0.328 e. The molecule has 1 amide bonds. The van der Waals surface area contributed by atoms with E-state index in [-0.39, 0.29) is 18.3 Å². The molecule has 10 heteroatoms. The van der Waals surface area contributed by atoms with Crippen molar-refractivity contribution in [2.45, 2.75) is 50.4 Å². The second kappa shape index (κ2) is 18.5. The number of benzene rings is 3. The lowest BCUT2D eigenvalue weighted by molar-refractivity contribution is -0.145. The van der Waals surface area contributed by atoms with E-state index in [9.17, 15) is 14.4 Å². The summed E-state index contributed by atoms with van der Waals surface area (Å²) in [7, 11) is 8.00. The van der Waals surface area contributed by atoms with E-state index in [4.69, 9.17) is 14.2 Å². The summed E-state index contributed by atoms with van der Waals surface area (Å²) in [5, 5.41) is 12.0. The summed E-state index contributed by atoms with van der Waals surface area (Å²) in [5.74, 6) is -0.454. The highest BCUT2D eigenvalue weighted by molar-refractivity contribution is 5.87. The molecular formula is C35H46N4O6. The molecule has 0 unspecified atom stereocenters. The van der Waals surface area contributed by atoms with Gasteiger partial charge in [0.2, 0.25) is 5.91 Å². The number of hydrogen-bond donors (Lipinski definition) is 4. The molecule has 0 radical (unpaired) electrons. The predicted octanol–water partition coefficient (Wildman–Crippen LogP) is 3.02. The highest BCUT2D eigenvalue weighted by atomic mass is 16.5. The zero-order valence-corrected chi connectivity index (χ0v) is 26.9. The molecule has 45 heavy (non-hydrogen) atoms. The first-order valence-electron chi connectivity index (χ1n) is 15.2. The third-order valence-electron chi connectivity index (χ3n) is 7.64.